The van der Waals surface area contributed by atoms with E-state index in [0.717, 1.165) is 18.0 Å². The lowest BCUT2D eigenvalue weighted by Crippen LogP contribution is -3.00. The number of nitrogens with zero attached hydrogens (tertiary/aromatic N) is 1. The molecule has 1 aromatic heterocycles. The molecule has 0 unspecified atom stereocenters. The lowest BCUT2D eigenvalue weighted by Gasteiger charge is -2.04. The third-order valence-corrected chi connectivity index (χ3v) is 2.56. The van der Waals surface area contributed by atoms with Crippen molar-refractivity contribution in [3.8, 4) is 5.75 Å². The van der Waals surface area contributed by atoms with Crippen molar-refractivity contribution in [1.82, 2.24) is 0 Å². The smallest absolute Gasteiger partial charge is 0.182 e. The Morgan fingerprint density at radius 2 is 1.63 bits per heavy atom. The van der Waals surface area contributed by atoms with E-state index >= 15 is 0 Å². The van der Waals surface area contributed by atoms with E-state index in [4.69, 9.17) is 10.5 Å². The molecule has 0 fully saturated rings. The molecule has 1 heterocycles. The van der Waals surface area contributed by atoms with Crippen LogP contribution in [0.4, 0.5) is 5.69 Å². The van der Waals surface area contributed by atoms with Crippen molar-refractivity contribution in [2.75, 3.05) is 12.3 Å². The molecule has 5 heteroatoms. The molecule has 104 valence electrons. The summed E-state index contributed by atoms with van der Waals surface area (Å²) in [7, 11) is 0. The predicted molar refractivity (Wildman–Crippen MR) is 78.0 cm³/mol. The van der Waals surface area contributed by atoms with Crippen molar-refractivity contribution < 1.29 is 26.3 Å². The summed E-state index contributed by atoms with van der Waals surface area (Å²) in [6.45, 7) is 3.57. The minimum Gasteiger partial charge on any atom is -1.00 e. The number of pyridine rings is 1. The quantitative estimate of drug-likeness (QED) is 0.567. The second kappa shape index (κ2) is 8.93. The van der Waals surface area contributed by atoms with Crippen LogP contribution in [0.1, 0.15) is 5.56 Å². The number of benzene rings is 1. The summed E-state index contributed by atoms with van der Waals surface area (Å²) in [6.07, 6.45) is 4.11. The summed E-state index contributed by atoms with van der Waals surface area (Å²) in [4.78, 5) is 0. The first kappa shape index (κ1) is 17.9. The number of halogens is 2. The molecule has 0 bridgehead atoms. The molecule has 0 amide bonds. The van der Waals surface area contributed by atoms with Gasteiger partial charge in [0.25, 0.3) is 0 Å². The third kappa shape index (κ3) is 6.07. The molecule has 19 heavy (non-hydrogen) atoms. The zero-order valence-electron chi connectivity index (χ0n) is 10.8. The highest BCUT2D eigenvalue weighted by molar-refractivity contribution is 8.93. The fourth-order valence-electron chi connectivity index (χ4n) is 1.51. The van der Waals surface area contributed by atoms with Gasteiger partial charge in [0.1, 0.15) is 12.4 Å². The Balaban J connectivity index is 0.00000162. The van der Waals surface area contributed by atoms with Gasteiger partial charge in [-0.1, -0.05) is 0 Å². The molecule has 2 aromatic rings. The molecule has 0 saturated heterocycles. The second-order valence-electron chi connectivity index (χ2n) is 4.03. The SMILES string of the molecule is Br.Cc1cc[n+](CCOc2ccc(N)cc2)cc1.[Br-]. The van der Waals surface area contributed by atoms with Crippen LogP contribution in [0, 0.1) is 6.92 Å². The van der Waals surface area contributed by atoms with Gasteiger partial charge in [0, 0.05) is 17.8 Å². The van der Waals surface area contributed by atoms with Crippen molar-refractivity contribution in [1.29, 1.82) is 0 Å². The van der Waals surface area contributed by atoms with Gasteiger partial charge in [-0.05, 0) is 36.8 Å². The van der Waals surface area contributed by atoms with Gasteiger partial charge in [0.05, 0.1) is 0 Å². The Kier molecular flexibility index (Phi) is 8.43. The molecule has 0 radical (unpaired) electrons. The van der Waals surface area contributed by atoms with Crippen LogP contribution in [0.2, 0.25) is 0 Å². The molecule has 1 aromatic carbocycles. The normalized spacial score (nSPS) is 9.11. The standard InChI is InChI=1S/C14H17N2O.2BrH/c1-12-6-8-16(9-7-12)10-11-17-14-4-2-13(15)3-5-14;;/h2-9H,10-11,15H2,1H3;2*1H/q+1;;/p-1. The summed E-state index contributed by atoms with van der Waals surface area (Å²) in [5.41, 5.74) is 7.62. The summed E-state index contributed by atoms with van der Waals surface area (Å²) >= 11 is 0. The van der Waals surface area contributed by atoms with Gasteiger partial charge in [-0.25, -0.2) is 4.57 Å². The van der Waals surface area contributed by atoms with Crippen LogP contribution in [0.25, 0.3) is 0 Å². The monoisotopic (exact) mass is 388 g/mol. The van der Waals surface area contributed by atoms with Crippen LogP contribution in [0.5, 0.6) is 5.75 Å². The Bertz CT molecular complexity index is 426. The maximum absolute atomic E-state index is 5.62. The minimum atomic E-state index is 0. The molecule has 0 atom stereocenters. The number of ether oxygens (including phenoxy) is 1. The third-order valence-electron chi connectivity index (χ3n) is 2.56. The van der Waals surface area contributed by atoms with Crippen molar-refractivity contribution in [2.24, 2.45) is 0 Å². The highest BCUT2D eigenvalue weighted by Crippen LogP contribution is 2.12. The highest BCUT2D eigenvalue weighted by atomic mass is 79.9. The number of hydrogen-bond acceptors (Lipinski definition) is 2. The van der Waals surface area contributed by atoms with E-state index in [-0.39, 0.29) is 34.0 Å². The Labute approximate surface area is 134 Å². The van der Waals surface area contributed by atoms with E-state index in [1.165, 1.54) is 5.56 Å². The van der Waals surface area contributed by atoms with Crippen LogP contribution in [0.3, 0.4) is 0 Å². The number of aryl methyl sites for hydroxylation is 1. The van der Waals surface area contributed by atoms with E-state index in [1.807, 2.05) is 24.3 Å². The zero-order chi connectivity index (χ0) is 12.1. The predicted octanol–water partition coefficient (Wildman–Crippen LogP) is -0.474. The number of rotatable bonds is 4. The van der Waals surface area contributed by atoms with Crippen molar-refractivity contribution in [3.05, 3.63) is 54.4 Å². The molecular formula is C14H18Br2N2O. The first-order valence-electron chi connectivity index (χ1n) is 5.68. The molecule has 0 aliphatic carbocycles. The maximum Gasteiger partial charge on any atom is 0.182 e. The summed E-state index contributed by atoms with van der Waals surface area (Å²) in [6, 6.07) is 11.6. The average Bonchev–Trinajstić information content (AvgIpc) is 2.34. The highest BCUT2D eigenvalue weighted by Gasteiger charge is 2.00. The zero-order valence-corrected chi connectivity index (χ0v) is 14.1. The van der Waals surface area contributed by atoms with Gasteiger partial charge in [-0.2, -0.15) is 0 Å². The topological polar surface area (TPSA) is 39.1 Å². The minimum absolute atomic E-state index is 0. The van der Waals surface area contributed by atoms with Gasteiger partial charge in [0.15, 0.2) is 18.9 Å². The number of nitrogen functional groups attached to an aromatic ring is 1. The number of anilines is 1. The number of nitrogens with two attached hydrogens (primary N) is 1. The van der Waals surface area contributed by atoms with Crippen LogP contribution in [0.15, 0.2) is 48.8 Å². The summed E-state index contributed by atoms with van der Waals surface area (Å²) in [5.74, 6) is 0.854. The largest absolute Gasteiger partial charge is 1.00 e. The molecule has 0 spiro atoms. The van der Waals surface area contributed by atoms with E-state index in [0.29, 0.717) is 6.61 Å². The van der Waals surface area contributed by atoms with Gasteiger partial charge >= 0.3 is 0 Å². The molecule has 3 nitrogen and oxygen atoms in total. The molecule has 2 rings (SSSR count). The second-order valence-corrected chi connectivity index (χ2v) is 4.03. The lowest BCUT2D eigenvalue weighted by atomic mass is 10.3. The molecule has 2 N–H and O–H groups in total. The number of hydrogen-bond donors (Lipinski definition) is 1. The van der Waals surface area contributed by atoms with Crippen molar-refractivity contribution >= 4 is 22.7 Å². The van der Waals surface area contributed by atoms with Crippen LogP contribution in [-0.4, -0.2) is 6.61 Å². The van der Waals surface area contributed by atoms with Gasteiger partial charge in [0.2, 0.25) is 0 Å². The molecule has 0 aliphatic heterocycles. The van der Waals surface area contributed by atoms with E-state index in [9.17, 15) is 0 Å². The fraction of sp³-hybridized carbons (Fsp3) is 0.214. The molecule has 0 saturated carbocycles. The van der Waals surface area contributed by atoms with Gasteiger partial charge in [-0.15, -0.1) is 17.0 Å². The lowest BCUT2D eigenvalue weighted by molar-refractivity contribution is -0.697. The van der Waals surface area contributed by atoms with Gasteiger partial charge in [-0.3, -0.25) is 0 Å². The Morgan fingerprint density at radius 1 is 1.05 bits per heavy atom. The van der Waals surface area contributed by atoms with E-state index < -0.39 is 0 Å². The first-order chi connectivity index (χ1) is 8.24. The van der Waals surface area contributed by atoms with Crippen LogP contribution in [-0.2, 0) is 6.54 Å². The van der Waals surface area contributed by atoms with Crippen molar-refractivity contribution in [3.63, 3.8) is 0 Å². The van der Waals surface area contributed by atoms with Gasteiger partial charge < -0.3 is 27.5 Å². The van der Waals surface area contributed by atoms with Crippen molar-refractivity contribution in [2.45, 2.75) is 13.5 Å². The fourth-order valence-corrected chi connectivity index (χ4v) is 1.51. The Morgan fingerprint density at radius 3 is 2.21 bits per heavy atom. The van der Waals surface area contributed by atoms with Crippen LogP contribution < -0.4 is 32.0 Å². The number of aromatic nitrogens is 1. The van der Waals surface area contributed by atoms with E-state index in [2.05, 4.69) is 36.0 Å². The molecule has 0 aliphatic rings. The summed E-state index contributed by atoms with van der Waals surface area (Å²) in [5, 5.41) is 0. The first-order valence-corrected chi connectivity index (χ1v) is 5.68. The van der Waals surface area contributed by atoms with E-state index in [1.54, 1.807) is 0 Å². The Hall–Kier alpha value is -1.07. The van der Waals surface area contributed by atoms with Crippen LogP contribution >= 0.6 is 17.0 Å². The molecular weight excluding hydrogens is 372 g/mol. The summed E-state index contributed by atoms with van der Waals surface area (Å²) < 4.78 is 7.72. The maximum atomic E-state index is 5.62. The average molecular weight is 390 g/mol.